The van der Waals surface area contributed by atoms with Gasteiger partial charge in [0.25, 0.3) is 0 Å². The van der Waals surface area contributed by atoms with Crippen LogP contribution >= 0.6 is 0 Å². The molecule has 1 rings (SSSR count). The van der Waals surface area contributed by atoms with Gasteiger partial charge in [0.2, 0.25) is 0 Å². The Labute approximate surface area is 101 Å². The molecule has 1 aromatic rings. The van der Waals surface area contributed by atoms with E-state index in [1.807, 2.05) is 6.07 Å². The molecule has 17 heavy (non-hydrogen) atoms. The highest BCUT2D eigenvalue weighted by Gasteiger charge is 2.07. The van der Waals surface area contributed by atoms with Crippen LogP contribution in [0.1, 0.15) is 12.5 Å². The van der Waals surface area contributed by atoms with Crippen LogP contribution in [0.2, 0.25) is 0 Å². The molecule has 6 heteroatoms. The van der Waals surface area contributed by atoms with Gasteiger partial charge in [0, 0.05) is 18.0 Å². The molecular formula is C11H15N3O2S. The summed E-state index contributed by atoms with van der Waals surface area (Å²) in [7, 11) is -2.99. The number of nitrogen functional groups attached to an aromatic ring is 1. The summed E-state index contributed by atoms with van der Waals surface area (Å²) >= 11 is 0. The van der Waals surface area contributed by atoms with Crippen LogP contribution in [-0.2, 0) is 9.84 Å². The molecule has 0 atom stereocenters. The van der Waals surface area contributed by atoms with Crippen molar-refractivity contribution in [2.45, 2.75) is 6.92 Å². The quantitative estimate of drug-likeness (QED) is 0.763. The van der Waals surface area contributed by atoms with E-state index in [1.165, 1.54) is 0 Å². The average Bonchev–Trinajstić information content (AvgIpc) is 2.30. The number of rotatable bonds is 5. The van der Waals surface area contributed by atoms with Gasteiger partial charge >= 0.3 is 0 Å². The third-order valence-electron chi connectivity index (χ3n) is 2.33. The largest absolute Gasteiger partial charge is 0.399 e. The Morgan fingerprint density at radius 1 is 1.47 bits per heavy atom. The second-order valence-electron chi connectivity index (χ2n) is 3.58. The second kappa shape index (κ2) is 5.55. The maximum Gasteiger partial charge on any atom is 0.151 e. The van der Waals surface area contributed by atoms with Crippen molar-refractivity contribution >= 4 is 21.2 Å². The van der Waals surface area contributed by atoms with Crippen LogP contribution in [0.3, 0.4) is 0 Å². The SMILES string of the molecule is CCS(=O)(=O)CCNc1ccc(N)cc1C#N. The third kappa shape index (κ3) is 3.96. The number of sulfone groups is 1. The van der Waals surface area contributed by atoms with E-state index in [4.69, 9.17) is 11.0 Å². The van der Waals surface area contributed by atoms with Crippen molar-refractivity contribution in [3.63, 3.8) is 0 Å². The van der Waals surface area contributed by atoms with Gasteiger partial charge in [-0.1, -0.05) is 6.92 Å². The van der Waals surface area contributed by atoms with Crippen LogP contribution < -0.4 is 11.1 Å². The molecule has 0 aliphatic carbocycles. The minimum absolute atomic E-state index is 0.0543. The fourth-order valence-electron chi connectivity index (χ4n) is 1.29. The lowest BCUT2D eigenvalue weighted by Crippen LogP contribution is -2.17. The smallest absolute Gasteiger partial charge is 0.151 e. The standard InChI is InChI=1S/C11H15N3O2S/c1-2-17(15,16)6-5-14-11-4-3-10(13)7-9(11)8-12/h3-4,7,14H,2,5-6,13H2,1H3. The monoisotopic (exact) mass is 253 g/mol. The van der Waals surface area contributed by atoms with Gasteiger partial charge in [-0.3, -0.25) is 0 Å². The number of nitrogens with two attached hydrogens (primary N) is 1. The summed E-state index contributed by atoms with van der Waals surface area (Å²) in [6.45, 7) is 1.90. The fraction of sp³-hybridized carbons (Fsp3) is 0.364. The van der Waals surface area contributed by atoms with Crippen LogP contribution in [0.5, 0.6) is 0 Å². The number of nitriles is 1. The summed E-state index contributed by atoms with van der Waals surface area (Å²) in [6, 6.07) is 6.90. The van der Waals surface area contributed by atoms with Gasteiger partial charge < -0.3 is 11.1 Å². The summed E-state index contributed by atoms with van der Waals surface area (Å²) in [5.74, 6) is 0.181. The van der Waals surface area contributed by atoms with E-state index >= 15 is 0 Å². The minimum atomic E-state index is -2.99. The summed E-state index contributed by atoms with van der Waals surface area (Å²) in [6.07, 6.45) is 0. The Hall–Kier alpha value is -1.74. The molecule has 0 radical (unpaired) electrons. The number of benzene rings is 1. The first-order valence-electron chi connectivity index (χ1n) is 5.22. The van der Waals surface area contributed by atoms with Crippen LogP contribution in [0.4, 0.5) is 11.4 Å². The predicted molar refractivity (Wildman–Crippen MR) is 68.4 cm³/mol. The summed E-state index contributed by atoms with van der Waals surface area (Å²) < 4.78 is 22.5. The Bertz CT molecular complexity index is 532. The third-order valence-corrected chi connectivity index (χ3v) is 4.04. The van der Waals surface area contributed by atoms with E-state index in [9.17, 15) is 8.42 Å². The fourth-order valence-corrected chi connectivity index (χ4v) is 2.00. The normalized spacial score (nSPS) is 10.8. The first-order chi connectivity index (χ1) is 7.98. The highest BCUT2D eigenvalue weighted by Crippen LogP contribution is 2.17. The maximum absolute atomic E-state index is 11.3. The van der Waals surface area contributed by atoms with Crippen molar-refractivity contribution in [1.82, 2.24) is 0 Å². The molecule has 92 valence electrons. The van der Waals surface area contributed by atoms with E-state index in [0.29, 0.717) is 16.9 Å². The second-order valence-corrected chi connectivity index (χ2v) is 6.05. The average molecular weight is 253 g/mol. The van der Waals surface area contributed by atoms with Crippen LogP contribution in [0, 0.1) is 11.3 Å². The summed E-state index contributed by atoms with van der Waals surface area (Å²) in [5.41, 5.74) is 7.08. The lowest BCUT2D eigenvalue weighted by Gasteiger charge is -2.08. The molecule has 5 nitrogen and oxygen atoms in total. The van der Waals surface area contributed by atoms with Gasteiger partial charge in [0.1, 0.15) is 6.07 Å². The molecule has 0 aliphatic heterocycles. The highest BCUT2D eigenvalue weighted by atomic mass is 32.2. The van der Waals surface area contributed by atoms with Crippen molar-refractivity contribution in [1.29, 1.82) is 5.26 Å². The minimum Gasteiger partial charge on any atom is -0.399 e. The first-order valence-corrected chi connectivity index (χ1v) is 7.04. The van der Waals surface area contributed by atoms with E-state index in [0.717, 1.165) is 0 Å². The van der Waals surface area contributed by atoms with Crippen molar-refractivity contribution in [2.24, 2.45) is 0 Å². The number of nitrogens with zero attached hydrogens (tertiary/aromatic N) is 1. The van der Waals surface area contributed by atoms with E-state index in [-0.39, 0.29) is 18.1 Å². The number of hydrogen-bond acceptors (Lipinski definition) is 5. The molecular weight excluding hydrogens is 238 g/mol. The van der Waals surface area contributed by atoms with Gasteiger partial charge in [-0.25, -0.2) is 8.42 Å². The van der Waals surface area contributed by atoms with Gasteiger partial charge in [-0.15, -0.1) is 0 Å². The molecule has 0 saturated heterocycles. The lowest BCUT2D eigenvalue weighted by molar-refractivity contribution is 0.597. The van der Waals surface area contributed by atoms with Gasteiger partial charge in [0.15, 0.2) is 9.84 Å². The van der Waals surface area contributed by atoms with Gasteiger partial charge in [0.05, 0.1) is 17.0 Å². The number of hydrogen-bond donors (Lipinski definition) is 2. The summed E-state index contributed by atoms with van der Waals surface area (Å²) in [4.78, 5) is 0. The van der Waals surface area contributed by atoms with Gasteiger partial charge in [-0.2, -0.15) is 5.26 Å². The molecule has 0 saturated carbocycles. The van der Waals surface area contributed by atoms with Crippen LogP contribution in [0.15, 0.2) is 18.2 Å². The van der Waals surface area contributed by atoms with Crippen LogP contribution in [-0.4, -0.2) is 26.5 Å². The molecule has 0 unspecified atom stereocenters. The van der Waals surface area contributed by atoms with E-state index in [1.54, 1.807) is 25.1 Å². The lowest BCUT2D eigenvalue weighted by atomic mass is 10.2. The molecule has 1 aromatic carbocycles. The van der Waals surface area contributed by atoms with E-state index in [2.05, 4.69) is 5.32 Å². The molecule has 0 heterocycles. The Morgan fingerprint density at radius 3 is 2.76 bits per heavy atom. The number of anilines is 2. The summed E-state index contributed by atoms with van der Waals surface area (Å²) in [5, 5.41) is 11.8. The maximum atomic E-state index is 11.3. The first kappa shape index (κ1) is 13.3. The zero-order valence-electron chi connectivity index (χ0n) is 9.60. The molecule has 0 aliphatic rings. The van der Waals surface area contributed by atoms with Gasteiger partial charge in [-0.05, 0) is 18.2 Å². The van der Waals surface area contributed by atoms with Crippen molar-refractivity contribution in [2.75, 3.05) is 29.1 Å². The zero-order valence-corrected chi connectivity index (χ0v) is 10.4. The molecule has 0 amide bonds. The Balaban J connectivity index is 2.68. The Kier molecular flexibility index (Phi) is 4.35. The van der Waals surface area contributed by atoms with Crippen molar-refractivity contribution in [3.8, 4) is 6.07 Å². The molecule has 3 N–H and O–H groups in total. The molecule has 0 spiro atoms. The molecule has 0 fully saturated rings. The zero-order chi connectivity index (χ0) is 12.9. The Morgan fingerprint density at radius 2 is 2.18 bits per heavy atom. The molecule has 0 aromatic heterocycles. The van der Waals surface area contributed by atoms with E-state index < -0.39 is 9.84 Å². The molecule has 0 bridgehead atoms. The van der Waals surface area contributed by atoms with Crippen molar-refractivity contribution < 1.29 is 8.42 Å². The van der Waals surface area contributed by atoms with Crippen LogP contribution in [0.25, 0.3) is 0 Å². The van der Waals surface area contributed by atoms with Crippen molar-refractivity contribution in [3.05, 3.63) is 23.8 Å². The number of nitrogens with one attached hydrogen (secondary N) is 1. The predicted octanol–water partition coefficient (Wildman–Crippen LogP) is 0.987. The highest BCUT2D eigenvalue weighted by molar-refractivity contribution is 7.91. The topological polar surface area (TPSA) is 96.0 Å².